The van der Waals surface area contributed by atoms with Crippen LogP contribution in [0.3, 0.4) is 0 Å². The molecule has 0 spiro atoms. The Hall–Kier alpha value is -1.18. The Morgan fingerprint density at radius 2 is 1.80 bits per heavy atom. The number of benzene rings is 1. The highest BCUT2D eigenvalue weighted by molar-refractivity contribution is 5.84. The molecule has 0 saturated carbocycles. The van der Waals surface area contributed by atoms with Crippen molar-refractivity contribution in [3.05, 3.63) is 35.9 Å². The van der Waals surface area contributed by atoms with Crippen LogP contribution in [0.25, 0.3) is 0 Å². The molecule has 6 nitrogen and oxygen atoms in total. The topological polar surface area (TPSA) is 61.8 Å². The smallest absolute Gasteiger partial charge is 0.253 e. The van der Waals surface area contributed by atoms with Crippen LogP contribution in [0.15, 0.2) is 30.3 Å². The summed E-state index contributed by atoms with van der Waals surface area (Å²) in [5, 5.41) is 15.9. The van der Waals surface area contributed by atoms with Crippen molar-refractivity contribution in [1.29, 1.82) is 0 Å². The molecule has 1 heterocycles. The van der Waals surface area contributed by atoms with Crippen LogP contribution in [0.2, 0.25) is 0 Å². The second-order valence-electron chi connectivity index (χ2n) is 11.9. The number of aliphatic hydroxyl groups is 1. The average Bonchev–Trinajstić information content (AvgIpc) is 2.78. The van der Waals surface area contributed by atoms with E-state index in [2.05, 4.69) is 83.4 Å². The number of carbonyl (C=O) groups is 1. The maximum atomic E-state index is 13.2. The van der Waals surface area contributed by atoms with E-state index in [0.29, 0.717) is 13.0 Å². The van der Waals surface area contributed by atoms with Crippen LogP contribution >= 0.6 is 0 Å². The van der Waals surface area contributed by atoms with Crippen molar-refractivity contribution < 1.29 is 31.6 Å². The van der Waals surface area contributed by atoms with E-state index in [4.69, 9.17) is 4.84 Å². The van der Waals surface area contributed by atoms with Gasteiger partial charge in [-0.2, -0.15) is 5.06 Å². The molecule has 0 aliphatic carbocycles. The van der Waals surface area contributed by atoms with Gasteiger partial charge < -0.3 is 27.3 Å². The van der Waals surface area contributed by atoms with Crippen LogP contribution in [0.4, 0.5) is 0 Å². The van der Waals surface area contributed by atoms with Gasteiger partial charge in [0.05, 0.1) is 26.7 Å². The number of hydrogen-bond donors (Lipinski definition) is 2. The third-order valence-corrected chi connectivity index (χ3v) is 8.18. The fourth-order valence-electron chi connectivity index (χ4n) is 5.24. The number of quaternary nitrogens is 1. The molecule has 1 aliphatic heterocycles. The maximum absolute atomic E-state index is 13.2. The first-order valence-corrected chi connectivity index (χ1v) is 13.0. The van der Waals surface area contributed by atoms with Gasteiger partial charge >= 0.3 is 0 Å². The molecule has 0 bridgehead atoms. The van der Waals surface area contributed by atoms with Crippen molar-refractivity contribution in [3.63, 3.8) is 0 Å². The van der Waals surface area contributed by atoms with Crippen molar-refractivity contribution >= 4 is 5.91 Å². The first-order chi connectivity index (χ1) is 15.7. The minimum Gasteiger partial charge on any atom is -1.00 e. The van der Waals surface area contributed by atoms with E-state index in [1.807, 2.05) is 19.9 Å². The molecule has 2 N–H and O–H groups in total. The zero-order chi connectivity index (χ0) is 25.8. The molecule has 1 amide bonds. The van der Waals surface area contributed by atoms with Gasteiger partial charge in [0.15, 0.2) is 5.60 Å². The molecule has 1 aromatic carbocycles. The molecule has 202 valence electrons. The molecule has 0 aromatic heterocycles. The molecule has 4 unspecified atom stereocenters. The molecule has 35 heavy (non-hydrogen) atoms. The van der Waals surface area contributed by atoms with E-state index in [0.717, 1.165) is 36.8 Å². The lowest BCUT2D eigenvalue weighted by molar-refractivity contribution is -0.903. The summed E-state index contributed by atoms with van der Waals surface area (Å²) < 4.78 is 0.872. The standard InChI is InChI=1S/C28H49N3O3.ClH/c1-10-27(6)20-24(32)22(3)28(7,11-2)30(27)34-26(4,5)25(33)29-18-15-19-31(8,9)21-23-16-13-12-14-17-23;/h12-14,16-17,22,24,32H,10-11,15,18-21H2,1-9H3;1H. The summed E-state index contributed by atoms with van der Waals surface area (Å²) in [6.45, 7) is 16.9. The Bertz CT molecular complexity index is 804. The molecule has 1 fully saturated rings. The van der Waals surface area contributed by atoms with E-state index in [9.17, 15) is 9.90 Å². The second kappa shape index (κ2) is 12.4. The predicted octanol–water partition coefficient (Wildman–Crippen LogP) is 1.52. The Balaban J connectivity index is 0.00000612. The highest BCUT2D eigenvalue weighted by atomic mass is 35.5. The van der Waals surface area contributed by atoms with Crippen LogP contribution in [0, 0.1) is 5.92 Å². The van der Waals surface area contributed by atoms with Crippen LogP contribution < -0.4 is 17.7 Å². The minimum atomic E-state index is -1.01. The Kier molecular flexibility index (Phi) is 11.3. The first-order valence-electron chi connectivity index (χ1n) is 13.0. The molecule has 4 atom stereocenters. The summed E-state index contributed by atoms with van der Waals surface area (Å²) in [4.78, 5) is 19.7. The number of hydroxylamine groups is 2. The Morgan fingerprint density at radius 3 is 2.34 bits per heavy atom. The second-order valence-corrected chi connectivity index (χ2v) is 11.9. The number of hydrogen-bond acceptors (Lipinski definition) is 4. The number of halogens is 1. The van der Waals surface area contributed by atoms with Crippen molar-refractivity contribution in [2.75, 3.05) is 27.2 Å². The third-order valence-electron chi connectivity index (χ3n) is 8.18. The third kappa shape index (κ3) is 7.65. The van der Waals surface area contributed by atoms with Crippen molar-refractivity contribution in [2.24, 2.45) is 5.92 Å². The van der Waals surface area contributed by atoms with Gasteiger partial charge in [-0.15, -0.1) is 0 Å². The summed E-state index contributed by atoms with van der Waals surface area (Å²) in [6.07, 6.45) is 2.80. The monoisotopic (exact) mass is 511 g/mol. The summed E-state index contributed by atoms with van der Waals surface area (Å²) >= 11 is 0. The normalized spacial score (nSPS) is 27.8. The largest absolute Gasteiger partial charge is 1.00 e. The van der Waals surface area contributed by atoms with Gasteiger partial charge in [-0.3, -0.25) is 9.63 Å². The van der Waals surface area contributed by atoms with E-state index in [1.165, 1.54) is 5.56 Å². The summed E-state index contributed by atoms with van der Waals surface area (Å²) in [6, 6.07) is 10.5. The highest BCUT2D eigenvalue weighted by Gasteiger charge is 2.55. The van der Waals surface area contributed by atoms with Crippen molar-refractivity contribution in [3.8, 4) is 0 Å². The first kappa shape index (κ1) is 31.8. The van der Waals surface area contributed by atoms with Crippen LogP contribution in [-0.4, -0.2) is 70.5 Å². The fraction of sp³-hybridized carbons (Fsp3) is 0.750. The lowest BCUT2D eigenvalue weighted by Gasteiger charge is -2.59. The minimum absolute atomic E-state index is 0. The SMILES string of the molecule is CCC1(C)CC(O)C(C)C(C)(CC)N1OC(C)(C)C(=O)NCCC[N+](C)(C)Cc1ccccc1.[Cl-]. The maximum Gasteiger partial charge on any atom is 0.253 e. The van der Waals surface area contributed by atoms with E-state index in [1.54, 1.807) is 0 Å². The number of amides is 1. The predicted molar refractivity (Wildman–Crippen MR) is 139 cm³/mol. The number of piperidine rings is 1. The molecule has 7 heteroatoms. The lowest BCUT2D eigenvalue weighted by atomic mass is 9.69. The van der Waals surface area contributed by atoms with Crippen molar-refractivity contribution in [1.82, 2.24) is 10.4 Å². The van der Waals surface area contributed by atoms with E-state index >= 15 is 0 Å². The summed E-state index contributed by atoms with van der Waals surface area (Å²) in [5.41, 5.74) is -0.389. The molecule has 0 radical (unpaired) electrons. The lowest BCUT2D eigenvalue weighted by Crippen LogP contribution is -3.00. The molecular weight excluding hydrogens is 462 g/mol. The summed E-state index contributed by atoms with van der Waals surface area (Å²) in [5.74, 6) is -0.0582. The highest BCUT2D eigenvalue weighted by Crippen LogP contribution is 2.46. The van der Waals surface area contributed by atoms with Gasteiger partial charge in [-0.25, -0.2) is 0 Å². The number of carbonyl (C=O) groups excluding carboxylic acids is 1. The van der Waals surface area contributed by atoms with Gasteiger partial charge in [0.2, 0.25) is 0 Å². The number of nitrogens with zero attached hydrogens (tertiary/aromatic N) is 2. The molecule has 2 rings (SSSR count). The zero-order valence-corrected chi connectivity index (χ0v) is 24.3. The molecule has 1 saturated heterocycles. The van der Waals surface area contributed by atoms with Gasteiger partial charge in [0.25, 0.3) is 5.91 Å². The molecule has 1 aliphatic rings. The number of nitrogens with one attached hydrogen (secondary N) is 1. The fourth-order valence-corrected chi connectivity index (χ4v) is 5.24. The van der Waals surface area contributed by atoms with Crippen LogP contribution in [0.5, 0.6) is 0 Å². The van der Waals surface area contributed by atoms with E-state index < -0.39 is 5.60 Å². The Labute approximate surface area is 220 Å². The van der Waals surface area contributed by atoms with Crippen LogP contribution in [0.1, 0.15) is 79.7 Å². The number of aliphatic hydroxyl groups excluding tert-OH is 1. The quantitative estimate of drug-likeness (QED) is 0.349. The van der Waals surface area contributed by atoms with Gasteiger partial charge in [0, 0.05) is 35.5 Å². The molecule has 1 aromatic rings. The van der Waals surface area contributed by atoms with Crippen molar-refractivity contribution in [2.45, 2.75) is 103 Å². The van der Waals surface area contributed by atoms with Gasteiger partial charge in [-0.05, 0) is 47.0 Å². The summed E-state index contributed by atoms with van der Waals surface area (Å²) in [7, 11) is 4.45. The molecular formula is C28H50ClN3O3. The van der Waals surface area contributed by atoms with Gasteiger partial charge in [-0.1, -0.05) is 51.1 Å². The average molecular weight is 512 g/mol. The zero-order valence-electron chi connectivity index (χ0n) is 23.5. The Morgan fingerprint density at radius 1 is 1.20 bits per heavy atom. The van der Waals surface area contributed by atoms with Crippen LogP contribution in [-0.2, 0) is 16.2 Å². The number of rotatable bonds is 11. The van der Waals surface area contributed by atoms with Gasteiger partial charge in [0.1, 0.15) is 6.54 Å². The van der Waals surface area contributed by atoms with E-state index in [-0.39, 0.29) is 41.4 Å².